The van der Waals surface area contributed by atoms with Crippen LogP contribution in [-0.4, -0.2) is 12.2 Å². The predicted molar refractivity (Wildman–Crippen MR) is 59.3 cm³/mol. The number of ether oxygens (including phenoxy) is 1. The molecule has 2 saturated heterocycles. The highest BCUT2D eigenvalue weighted by Crippen LogP contribution is 2.44. The molecule has 0 amide bonds. The van der Waals surface area contributed by atoms with Gasteiger partial charge in [0.1, 0.15) is 5.76 Å². The molecule has 4 unspecified atom stereocenters. The Kier molecular flexibility index (Phi) is 2.38. The smallest absolute Gasteiger partial charge is 0.134 e. The second-order valence-electron chi connectivity index (χ2n) is 4.43. The highest BCUT2D eigenvalue weighted by Gasteiger charge is 2.44. The van der Waals surface area contributed by atoms with Crippen LogP contribution in [0.5, 0.6) is 0 Å². The van der Waals surface area contributed by atoms with Crippen molar-refractivity contribution in [3.8, 4) is 0 Å². The van der Waals surface area contributed by atoms with Gasteiger partial charge in [0.25, 0.3) is 0 Å². The van der Waals surface area contributed by atoms with Gasteiger partial charge in [-0.15, -0.1) is 0 Å². The van der Waals surface area contributed by atoms with Gasteiger partial charge in [-0.2, -0.15) is 0 Å². The van der Waals surface area contributed by atoms with E-state index >= 15 is 0 Å². The number of furan rings is 1. The van der Waals surface area contributed by atoms with Gasteiger partial charge in [-0.25, -0.2) is 0 Å². The van der Waals surface area contributed by atoms with Crippen LogP contribution < -0.4 is 5.73 Å². The first kappa shape index (κ1) is 9.87. The van der Waals surface area contributed by atoms with Crippen molar-refractivity contribution in [3.63, 3.8) is 0 Å². The molecule has 2 bridgehead atoms. The Morgan fingerprint density at radius 1 is 1.47 bits per heavy atom. The zero-order chi connectivity index (χ0) is 10.4. The van der Waals surface area contributed by atoms with Gasteiger partial charge in [0.05, 0.1) is 29.0 Å². The first-order valence-electron chi connectivity index (χ1n) is 5.39. The number of hydrogen-bond acceptors (Lipinski definition) is 3. The van der Waals surface area contributed by atoms with Crippen molar-refractivity contribution in [1.29, 1.82) is 0 Å². The molecule has 3 heterocycles. The lowest BCUT2D eigenvalue weighted by Gasteiger charge is -2.23. The van der Waals surface area contributed by atoms with Crippen LogP contribution in [0.25, 0.3) is 0 Å². The fourth-order valence-electron chi connectivity index (χ4n) is 2.79. The minimum absolute atomic E-state index is 0.0373. The number of rotatable bonds is 2. The van der Waals surface area contributed by atoms with Crippen LogP contribution in [0.2, 0.25) is 0 Å². The van der Waals surface area contributed by atoms with Gasteiger partial charge in [-0.1, -0.05) is 0 Å². The molecule has 0 radical (unpaired) electrons. The summed E-state index contributed by atoms with van der Waals surface area (Å²) in [6.07, 6.45) is 5.91. The third-order valence-corrected chi connectivity index (χ3v) is 4.22. The number of nitrogens with two attached hydrogens (primary N) is 1. The van der Waals surface area contributed by atoms with Gasteiger partial charge in [0.2, 0.25) is 0 Å². The summed E-state index contributed by atoms with van der Waals surface area (Å²) in [6.45, 7) is 0. The first-order chi connectivity index (χ1) is 7.25. The molecule has 3 nitrogen and oxygen atoms in total. The van der Waals surface area contributed by atoms with Crippen molar-refractivity contribution in [2.45, 2.75) is 37.5 Å². The summed E-state index contributed by atoms with van der Waals surface area (Å²) in [4.78, 5) is 0. The van der Waals surface area contributed by atoms with E-state index in [-0.39, 0.29) is 6.04 Å². The minimum atomic E-state index is -0.0373. The van der Waals surface area contributed by atoms with Gasteiger partial charge >= 0.3 is 0 Å². The zero-order valence-corrected chi connectivity index (χ0v) is 9.94. The van der Waals surface area contributed by atoms with E-state index in [2.05, 4.69) is 15.9 Å². The largest absolute Gasteiger partial charge is 0.466 e. The van der Waals surface area contributed by atoms with Crippen molar-refractivity contribution >= 4 is 15.9 Å². The lowest BCUT2D eigenvalue weighted by atomic mass is 9.83. The van der Waals surface area contributed by atoms with E-state index in [1.807, 2.05) is 6.07 Å². The zero-order valence-electron chi connectivity index (χ0n) is 8.36. The maximum Gasteiger partial charge on any atom is 0.134 e. The monoisotopic (exact) mass is 271 g/mol. The van der Waals surface area contributed by atoms with E-state index in [1.165, 1.54) is 6.42 Å². The van der Waals surface area contributed by atoms with Crippen LogP contribution in [0.4, 0.5) is 0 Å². The molecular formula is C11H14BrNO2. The van der Waals surface area contributed by atoms with Crippen LogP contribution >= 0.6 is 15.9 Å². The molecule has 2 N–H and O–H groups in total. The van der Waals surface area contributed by atoms with Crippen LogP contribution in [0.15, 0.2) is 21.2 Å². The molecule has 1 aromatic rings. The molecule has 0 aromatic carbocycles. The molecule has 4 heteroatoms. The van der Waals surface area contributed by atoms with E-state index in [0.29, 0.717) is 18.1 Å². The molecule has 0 aliphatic carbocycles. The number of halogens is 1. The summed E-state index contributed by atoms with van der Waals surface area (Å²) in [7, 11) is 0. The average Bonchev–Trinajstić information content (AvgIpc) is 2.91. The lowest BCUT2D eigenvalue weighted by molar-refractivity contribution is 0.0869. The fraction of sp³-hybridized carbons (Fsp3) is 0.636. The third-order valence-electron chi connectivity index (χ3n) is 3.56. The normalized spacial score (nSPS) is 36.0. The van der Waals surface area contributed by atoms with E-state index in [4.69, 9.17) is 14.9 Å². The van der Waals surface area contributed by atoms with Gasteiger partial charge in [0.15, 0.2) is 0 Å². The molecule has 4 atom stereocenters. The molecular weight excluding hydrogens is 258 g/mol. The van der Waals surface area contributed by atoms with Crippen LogP contribution in [0.1, 0.15) is 31.1 Å². The van der Waals surface area contributed by atoms with Crippen LogP contribution in [-0.2, 0) is 4.74 Å². The quantitative estimate of drug-likeness (QED) is 0.900. The third kappa shape index (κ3) is 1.55. The molecule has 82 valence electrons. The Morgan fingerprint density at radius 3 is 2.87 bits per heavy atom. The number of fused-ring (bicyclic) bond motifs is 2. The second-order valence-corrected chi connectivity index (χ2v) is 5.29. The predicted octanol–water partition coefficient (Wildman–Crippen LogP) is 2.61. The summed E-state index contributed by atoms with van der Waals surface area (Å²) < 4.78 is 12.2. The summed E-state index contributed by atoms with van der Waals surface area (Å²) >= 11 is 3.45. The van der Waals surface area contributed by atoms with E-state index in [9.17, 15) is 0 Å². The van der Waals surface area contributed by atoms with E-state index in [1.54, 1.807) is 6.26 Å². The summed E-state index contributed by atoms with van der Waals surface area (Å²) in [5.74, 6) is 1.28. The standard InChI is InChI=1S/C11H14BrNO2/c12-8-3-4-14-11(8)10(13)7-5-6-1-2-9(7)15-6/h3-4,6-7,9-10H,1-2,5,13H2. The lowest BCUT2D eigenvalue weighted by Crippen LogP contribution is -2.29. The van der Waals surface area contributed by atoms with Gasteiger partial charge in [-0.05, 0) is 41.3 Å². The molecule has 0 spiro atoms. The van der Waals surface area contributed by atoms with Gasteiger partial charge < -0.3 is 14.9 Å². The number of hydrogen-bond donors (Lipinski definition) is 1. The molecule has 1 aromatic heterocycles. The van der Waals surface area contributed by atoms with Crippen molar-refractivity contribution in [2.24, 2.45) is 11.7 Å². The van der Waals surface area contributed by atoms with Crippen LogP contribution in [0, 0.1) is 5.92 Å². The van der Waals surface area contributed by atoms with Crippen molar-refractivity contribution in [3.05, 3.63) is 22.6 Å². The highest BCUT2D eigenvalue weighted by molar-refractivity contribution is 9.10. The molecule has 2 fully saturated rings. The molecule has 3 rings (SSSR count). The summed E-state index contributed by atoms with van der Waals surface area (Å²) in [6, 6.07) is 1.85. The van der Waals surface area contributed by atoms with Gasteiger partial charge in [0, 0.05) is 5.92 Å². The first-order valence-corrected chi connectivity index (χ1v) is 6.19. The van der Waals surface area contributed by atoms with Crippen molar-refractivity contribution in [2.75, 3.05) is 0 Å². The second kappa shape index (κ2) is 3.61. The Labute approximate surface area is 97.1 Å². The SMILES string of the molecule is NC(c1occc1Br)C1CC2CCC1O2. The molecule has 0 saturated carbocycles. The Hall–Kier alpha value is -0.320. The Balaban J connectivity index is 1.81. The topological polar surface area (TPSA) is 48.4 Å². The van der Waals surface area contributed by atoms with Crippen molar-refractivity contribution in [1.82, 2.24) is 0 Å². The highest BCUT2D eigenvalue weighted by atomic mass is 79.9. The van der Waals surface area contributed by atoms with E-state index < -0.39 is 0 Å². The van der Waals surface area contributed by atoms with Gasteiger partial charge in [-0.3, -0.25) is 0 Å². The maximum atomic E-state index is 6.23. The van der Waals surface area contributed by atoms with Crippen molar-refractivity contribution < 1.29 is 9.15 Å². The molecule has 2 aliphatic heterocycles. The van der Waals surface area contributed by atoms with Crippen LogP contribution in [0.3, 0.4) is 0 Å². The fourth-order valence-corrected chi connectivity index (χ4v) is 3.26. The Bertz CT molecular complexity index is 365. The summed E-state index contributed by atoms with van der Waals surface area (Å²) in [5, 5.41) is 0. The summed E-state index contributed by atoms with van der Waals surface area (Å²) in [5.41, 5.74) is 6.23. The molecule has 2 aliphatic rings. The average molecular weight is 272 g/mol. The maximum absolute atomic E-state index is 6.23. The molecule has 15 heavy (non-hydrogen) atoms. The Morgan fingerprint density at radius 2 is 2.33 bits per heavy atom. The minimum Gasteiger partial charge on any atom is -0.466 e. The van der Waals surface area contributed by atoms with E-state index in [0.717, 1.165) is 23.1 Å².